The van der Waals surface area contributed by atoms with Crippen molar-refractivity contribution in [1.29, 1.82) is 5.26 Å². The topological polar surface area (TPSA) is 33.0 Å². The third-order valence-corrected chi connectivity index (χ3v) is 1.81. The Morgan fingerprint density at radius 3 is 2.83 bits per heavy atom. The Bertz CT molecular complexity index is 317. The Morgan fingerprint density at radius 1 is 1.58 bits per heavy atom. The molecule has 0 amide bonds. The van der Waals surface area contributed by atoms with Crippen LogP contribution in [0.25, 0.3) is 0 Å². The highest BCUT2D eigenvalue weighted by atomic mass is 16.5. The molecule has 0 saturated carbocycles. The van der Waals surface area contributed by atoms with Crippen LogP contribution >= 0.6 is 0 Å². The van der Waals surface area contributed by atoms with Crippen LogP contribution in [0.3, 0.4) is 0 Å². The Balaban J connectivity index is 3.13. The summed E-state index contributed by atoms with van der Waals surface area (Å²) in [5, 5.41) is 8.72. The maximum Gasteiger partial charge on any atom is 0.119 e. The van der Waals surface area contributed by atoms with Crippen LogP contribution in [-0.4, -0.2) is 15.0 Å². The fourth-order valence-corrected chi connectivity index (χ4v) is 1.10. The molecule has 0 aliphatic carbocycles. The maximum atomic E-state index is 8.72. The van der Waals surface area contributed by atoms with E-state index in [-0.39, 0.29) is 0 Å². The van der Waals surface area contributed by atoms with E-state index in [0.29, 0.717) is 0 Å². The van der Waals surface area contributed by atoms with Gasteiger partial charge in [0.15, 0.2) is 0 Å². The standard InChI is InChI=1S/C9H10BNO/c1-12-9-3-2-7(6-11)8(4-9)5-10/h2-4H,5,10H2,1H3. The van der Waals surface area contributed by atoms with Crippen LogP contribution in [0.2, 0.25) is 0 Å². The molecule has 0 unspecified atom stereocenters. The highest BCUT2D eigenvalue weighted by molar-refractivity contribution is 6.08. The number of benzene rings is 1. The van der Waals surface area contributed by atoms with E-state index in [2.05, 4.69) is 6.07 Å². The van der Waals surface area contributed by atoms with Crippen LogP contribution in [0, 0.1) is 11.3 Å². The second kappa shape index (κ2) is 3.82. The third-order valence-electron chi connectivity index (χ3n) is 1.81. The summed E-state index contributed by atoms with van der Waals surface area (Å²) in [5.74, 6) is 0.811. The van der Waals surface area contributed by atoms with E-state index in [9.17, 15) is 0 Å². The molecule has 0 saturated heterocycles. The molecule has 0 aromatic heterocycles. The highest BCUT2D eigenvalue weighted by Gasteiger charge is 2.00. The summed E-state index contributed by atoms with van der Waals surface area (Å²) in [5.41, 5.74) is 1.77. The normalized spacial score (nSPS) is 9.00. The smallest absolute Gasteiger partial charge is 0.119 e. The lowest BCUT2D eigenvalue weighted by Gasteiger charge is -2.03. The monoisotopic (exact) mass is 159 g/mol. The van der Waals surface area contributed by atoms with Gasteiger partial charge in [-0.15, -0.1) is 0 Å². The first-order chi connectivity index (χ1) is 5.81. The Morgan fingerprint density at radius 2 is 2.33 bits per heavy atom. The van der Waals surface area contributed by atoms with Gasteiger partial charge in [-0.2, -0.15) is 5.26 Å². The zero-order valence-corrected chi connectivity index (χ0v) is 7.29. The van der Waals surface area contributed by atoms with Gasteiger partial charge in [-0.05, 0) is 23.8 Å². The van der Waals surface area contributed by atoms with Crippen molar-refractivity contribution < 1.29 is 4.74 Å². The maximum absolute atomic E-state index is 8.72. The second-order valence-electron chi connectivity index (χ2n) is 2.49. The van der Waals surface area contributed by atoms with Crippen molar-refractivity contribution in [2.24, 2.45) is 0 Å². The molecule has 12 heavy (non-hydrogen) atoms. The van der Waals surface area contributed by atoms with Gasteiger partial charge < -0.3 is 4.74 Å². The molecule has 3 heteroatoms. The zero-order chi connectivity index (χ0) is 8.97. The molecule has 0 bridgehead atoms. The average molecular weight is 159 g/mol. The summed E-state index contributed by atoms with van der Waals surface area (Å²) in [4.78, 5) is 0. The lowest BCUT2D eigenvalue weighted by atomic mass is 9.93. The first kappa shape index (κ1) is 8.67. The van der Waals surface area contributed by atoms with Crippen LogP contribution in [0.4, 0.5) is 0 Å². The summed E-state index contributed by atoms with van der Waals surface area (Å²) >= 11 is 0. The van der Waals surface area contributed by atoms with E-state index in [0.717, 1.165) is 23.2 Å². The van der Waals surface area contributed by atoms with Gasteiger partial charge in [0, 0.05) is 0 Å². The number of nitrogens with zero attached hydrogens (tertiary/aromatic N) is 1. The van der Waals surface area contributed by atoms with Gasteiger partial charge in [-0.25, -0.2) is 0 Å². The number of rotatable bonds is 2. The zero-order valence-electron chi connectivity index (χ0n) is 7.29. The minimum Gasteiger partial charge on any atom is -0.497 e. The molecule has 0 heterocycles. The first-order valence-electron chi connectivity index (χ1n) is 3.88. The summed E-state index contributed by atoms with van der Waals surface area (Å²) in [6.45, 7) is 0. The van der Waals surface area contributed by atoms with Crippen molar-refractivity contribution >= 4 is 7.85 Å². The molecule has 0 N–H and O–H groups in total. The van der Waals surface area contributed by atoms with E-state index in [4.69, 9.17) is 10.00 Å². The molecule has 60 valence electrons. The van der Waals surface area contributed by atoms with Crippen molar-refractivity contribution in [3.8, 4) is 11.8 Å². The lowest BCUT2D eigenvalue weighted by Crippen LogP contribution is -1.91. The van der Waals surface area contributed by atoms with Crippen molar-refractivity contribution in [2.75, 3.05) is 7.11 Å². The minimum absolute atomic E-state index is 0.735. The van der Waals surface area contributed by atoms with E-state index < -0.39 is 0 Å². The predicted molar refractivity (Wildman–Crippen MR) is 50.0 cm³/mol. The minimum atomic E-state index is 0.735. The van der Waals surface area contributed by atoms with Crippen molar-refractivity contribution in [3.63, 3.8) is 0 Å². The van der Waals surface area contributed by atoms with Gasteiger partial charge in [-0.3, -0.25) is 0 Å². The fraction of sp³-hybridized carbons (Fsp3) is 0.222. The predicted octanol–water partition coefficient (Wildman–Crippen LogP) is 0.700. The molecule has 1 aromatic rings. The molecule has 1 aromatic carbocycles. The van der Waals surface area contributed by atoms with E-state index in [1.165, 1.54) is 0 Å². The van der Waals surface area contributed by atoms with E-state index in [1.807, 2.05) is 13.9 Å². The molecule has 0 aliphatic heterocycles. The molecule has 0 radical (unpaired) electrons. The van der Waals surface area contributed by atoms with E-state index >= 15 is 0 Å². The van der Waals surface area contributed by atoms with Crippen LogP contribution in [0.15, 0.2) is 18.2 Å². The Labute approximate surface area is 73.2 Å². The third kappa shape index (κ3) is 1.59. The summed E-state index contributed by atoms with van der Waals surface area (Å²) in [7, 11) is 3.65. The second-order valence-corrected chi connectivity index (χ2v) is 2.49. The quantitative estimate of drug-likeness (QED) is 0.595. The van der Waals surface area contributed by atoms with Gasteiger partial charge in [0.2, 0.25) is 0 Å². The molecular formula is C9H10BNO. The molecular weight excluding hydrogens is 149 g/mol. The van der Waals surface area contributed by atoms with Crippen molar-refractivity contribution in [2.45, 2.75) is 6.32 Å². The molecule has 1 rings (SSSR count). The highest BCUT2D eigenvalue weighted by Crippen LogP contribution is 2.16. The van der Waals surface area contributed by atoms with Crippen molar-refractivity contribution in [1.82, 2.24) is 0 Å². The number of ether oxygens (including phenoxy) is 1. The van der Waals surface area contributed by atoms with Gasteiger partial charge in [0.1, 0.15) is 13.6 Å². The Kier molecular flexibility index (Phi) is 2.76. The largest absolute Gasteiger partial charge is 0.497 e. The Hall–Kier alpha value is -1.43. The van der Waals surface area contributed by atoms with Crippen LogP contribution in [-0.2, 0) is 6.32 Å². The number of hydrogen-bond acceptors (Lipinski definition) is 2. The first-order valence-corrected chi connectivity index (χ1v) is 3.88. The summed E-state index contributed by atoms with van der Waals surface area (Å²) in [6, 6.07) is 7.64. The van der Waals surface area contributed by atoms with Gasteiger partial charge in [-0.1, -0.05) is 6.32 Å². The lowest BCUT2D eigenvalue weighted by molar-refractivity contribution is 0.414. The average Bonchev–Trinajstić information content (AvgIpc) is 2.16. The summed E-state index contributed by atoms with van der Waals surface area (Å²) < 4.78 is 5.05. The van der Waals surface area contributed by atoms with E-state index in [1.54, 1.807) is 19.2 Å². The molecule has 0 atom stereocenters. The van der Waals surface area contributed by atoms with Crippen LogP contribution in [0.5, 0.6) is 5.75 Å². The van der Waals surface area contributed by atoms with Crippen molar-refractivity contribution in [3.05, 3.63) is 29.3 Å². The van der Waals surface area contributed by atoms with Crippen LogP contribution in [0.1, 0.15) is 11.1 Å². The molecule has 0 fully saturated rings. The number of hydrogen-bond donors (Lipinski definition) is 0. The SMILES string of the molecule is BCc1cc(OC)ccc1C#N. The fourth-order valence-electron chi connectivity index (χ4n) is 1.10. The van der Waals surface area contributed by atoms with Gasteiger partial charge in [0.25, 0.3) is 0 Å². The molecule has 0 spiro atoms. The van der Waals surface area contributed by atoms with Gasteiger partial charge >= 0.3 is 0 Å². The number of methoxy groups -OCH3 is 1. The number of nitriles is 1. The molecule has 2 nitrogen and oxygen atoms in total. The van der Waals surface area contributed by atoms with Crippen LogP contribution < -0.4 is 4.74 Å². The van der Waals surface area contributed by atoms with Gasteiger partial charge in [0.05, 0.1) is 18.7 Å². The summed E-state index contributed by atoms with van der Waals surface area (Å²) in [6.07, 6.45) is 0.861. The molecule has 0 aliphatic rings.